The maximum atomic E-state index is 12.8. The van der Waals surface area contributed by atoms with Gasteiger partial charge in [-0.2, -0.15) is 0 Å². The molecule has 3 aromatic carbocycles. The van der Waals surface area contributed by atoms with Crippen molar-refractivity contribution in [3.05, 3.63) is 104 Å². The van der Waals surface area contributed by atoms with E-state index in [0.29, 0.717) is 26.3 Å². The highest BCUT2D eigenvalue weighted by molar-refractivity contribution is 7.73. The summed E-state index contributed by atoms with van der Waals surface area (Å²) in [7, 11) is 0. The third-order valence-corrected chi connectivity index (χ3v) is 6.74. The molecule has 1 aliphatic rings. The van der Waals surface area contributed by atoms with Gasteiger partial charge in [-0.05, 0) is 59.7 Å². The van der Waals surface area contributed by atoms with Crippen molar-refractivity contribution in [2.45, 2.75) is 12.8 Å². The van der Waals surface area contributed by atoms with E-state index in [2.05, 4.69) is 10.6 Å². The third-order valence-electron chi connectivity index (χ3n) is 5.12. The minimum atomic E-state index is -0.376. The van der Waals surface area contributed by atoms with Gasteiger partial charge in [-0.25, -0.2) is 0 Å². The molecule has 0 saturated heterocycles. The molecule has 4 aromatic rings. The number of carbonyl (C=O) groups excluding carboxylic acids is 1. The SMILES string of the molecule is O=C1N[C@@H](c2ccc(OCc3ccc(Cl)cc3)cc2)Nc2c1sc(=S)n2-c1ccccc1. The maximum Gasteiger partial charge on any atom is 0.267 e. The molecule has 0 bridgehead atoms. The maximum absolute atomic E-state index is 12.8. The Morgan fingerprint density at radius 2 is 1.69 bits per heavy atom. The van der Waals surface area contributed by atoms with E-state index in [0.717, 1.165) is 22.6 Å². The molecule has 1 aliphatic heterocycles. The predicted octanol–water partition coefficient (Wildman–Crippen LogP) is 6.35. The molecule has 0 fully saturated rings. The van der Waals surface area contributed by atoms with Crippen LogP contribution in [-0.4, -0.2) is 10.5 Å². The summed E-state index contributed by atoms with van der Waals surface area (Å²) in [5, 5.41) is 7.15. The first-order valence-corrected chi connectivity index (χ1v) is 11.5. The van der Waals surface area contributed by atoms with Crippen molar-refractivity contribution in [1.29, 1.82) is 0 Å². The van der Waals surface area contributed by atoms with E-state index in [1.165, 1.54) is 11.3 Å². The van der Waals surface area contributed by atoms with Crippen LogP contribution < -0.4 is 15.4 Å². The Kier molecular flexibility index (Phi) is 5.70. The van der Waals surface area contributed by atoms with Crippen LogP contribution in [0.3, 0.4) is 0 Å². The summed E-state index contributed by atoms with van der Waals surface area (Å²) >= 11 is 12.8. The molecule has 1 atom stereocenters. The number of hydrogen-bond acceptors (Lipinski definition) is 5. The minimum absolute atomic E-state index is 0.141. The van der Waals surface area contributed by atoms with Crippen molar-refractivity contribution in [3.8, 4) is 11.4 Å². The topological polar surface area (TPSA) is 55.3 Å². The summed E-state index contributed by atoms with van der Waals surface area (Å²) in [6.45, 7) is 0.450. The highest BCUT2D eigenvalue weighted by atomic mass is 35.5. The Labute approximate surface area is 199 Å². The lowest BCUT2D eigenvalue weighted by molar-refractivity contribution is 0.0939. The fourth-order valence-corrected chi connectivity index (χ4v) is 4.94. The van der Waals surface area contributed by atoms with Gasteiger partial charge in [0.15, 0.2) is 3.95 Å². The number of carbonyl (C=O) groups is 1. The van der Waals surface area contributed by atoms with Crippen LogP contribution in [0.4, 0.5) is 5.82 Å². The fraction of sp³-hybridized carbons (Fsp3) is 0.0833. The number of halogens is 1. The van der Waals surface area contributed by atoms with Crippen LogP contribution in [0, 0.1) is 3.95 Å². The molecule has 0 saturated carbocycles. The molecule has 160 valence electrons. The number of fused-ring (bicyclic) bond motifs is 1. The summed E-state index contributed by atoms with van der Waals surface area (Å²) in [6.07, 6.45) is -0.376. The number of nitrogens with zero attached hydrogens (tertiary/aromatic N) is 1. The van der Waals surface area contributed by atoms with E-state index < -0.39 is 0 Å². The van der Waals surface area contributed by atoms with E-state index in [-0.39, 0.29) is 12.1 Å². The lowest BCUT2D eigenvalue weighted by atomic mass is 10.1. The molecule has 2 N–H and O–H groups in total. The summed E-state index contributed by atoms with van der Waals surface area (Å²) in [5.74, 6) is 1.31. The Bertz CT molecular complexity index is 1320. The van der Waals surface area contributed by atoms with Gasteiger partial charge in [-0.3, -0.25) is 9.36 Å². The molecule has 0 unspecified atom stereocenters. The van der Waals surface area contributed by atoms with Gasteiger partial charge < -0.3 is 15.4 Å². The third kappa shape index (κ3) is 4.14. The summed E-state index contributed by atoms with van der Waals surface area (Å²) in [6, 6.07) is 25.0. The monoisotopic (exact) mass is 479 g/mol. The van der Waals surface area contributed by atoms with Gasteiger partial charge in [0.25, 0.3) is 5.91 Å². The number of aromatic nitrogens is 1. The Morgan fingerprint density at radius 1 is 0.969 bits per heavy atom. The van der Waals surface area contributed by atoms with E-state index >= 15 is 0 Å². The molecule has 1 amide bonds. The summed E-state index contributed by atoms with van der Waals surface area (Å²) in [4.78, 5) is 13.4. The van der Waals surface area contributed by atoms with Gasteiger partial charge in [0.2, 0.25) is 0 Å². The van der Waals surface area contributed by atoms with Crippen LogP contribution >= 0.6 is 35.2 Å². The average molecular weight is 480 g/mol. The second-order valence-electron chi connectivity index (χ2n) is 7.25. The number of thiazole rings is 1. The Hall–Kier alpha value is -3.13. The van der Waals surface area contributed by atoms with Crippen LogP contribution in [0.1, 0.15) is 27.0 Å². The van der Waals surface area contributed by atoms with Gasteiger partial charge in [0, 0.05) is 10.7 Å². The molecule has 1 aromatic heterocycles. The molecular weight excluding hydrogens is 462 g/mol. The number of benzene rings is 3. The number of anilines is 1. The zero-order valence-corrected chi connectivity index (χ0v) is 19.1. The summed E-state index contributed by atoms with van der Waals surface area (Å²) in [5.41, 5.74) is 2.87. The van der Waals surface area contributed by atoms with Gasteiger partial charge >= 0.3 is 0 Å². The minimum Gasteiger partial charge on any atom is -0.489 e. The van der Waals surface area contributed by atoms with Crippen LogP contribution in [0.25, 0.3) is 5.69 Å². The van der Waals surface area contributed by atoms with E-state index in [4.69, 9.17) is 28.6 Å². The number of hydrogen-bond donors (Lipinski definition) is 2. The molecule has 0 radical (unpaired) electrons. The second kappa shape index (κ2) is 8.78. The number of rotatable bonds is 5. The van der Waals surface area contributed by atoms with Crippen molar-refractivity contribution in [2.75, 3.05) is 5.32 Å². The van der Waals surface area contributed by atoms with Crippen molar-refractivity contribution < 1.29 is 9.53 Å². The van der Waals surface area contributed by atoms with Crippen LogP contribution in [0.15, 0.2) is 78.9 Å². The number of amides is 1. The first-order chi connectivity index (χ1) is 15.6. The quantitative estimate of drug-likeness (QED) is 0.327. The van der Waals surface area contributed by atoms with Crippen LogP contribution in [-0.2, 0) is 6.61 Å². The van der Waals surface area contributed by atoms with E-state index in [9.17, 15) is 4.79 Å². The highest BCUT2D eigenvalue weighted by Gasteiger charge is 2.29. The predicted molar refractivity (Wildman–Crippen MR) is 131 cm³/mol. The Morgan fingerprint density at radius 3 is 2.41 bits per heavy atom. The van der Waals surface area contributed by atoms with Crippen molar-refractivity contribution in [3.63, 3.8) is 0 Å². The number of ether oxygens (including phenoxy) is 1. The summed E-state index contributed by atoms with van der Waals surface area (Å²) < 4.78 is 8.39. The van der Waals surface area contributed by atoms with Gasteiger partial charge in [-0.1, -0.05) is 65.4 Å². The van der Waals surface area contributed by atoms with Gasteiger partial charge in [0.05, 0.1) is 0 Å². The molecule has 0 aliphatic carbocycles. The molecule has 8 heteroatoms. The largest absolute Gasteiger partial charge is 0.489 e. The van der Waals surface area contributed by atoms with Crippen molar-refractivity contribution >= 4 is 46.9 Å². The fourth-order valence-electron chi connectivity index (χ4n) is 3.51. The second-order valence-corrected chi connectivity index (χ2v) is 9.33. The number of para-hydroxylation sites is 1. The standard InChI is InChI=1S/C24H18ClN3O2S2/c25-17-10-6-15(7-11-17)14-30-19-12-8-16(9-13-19)21-26-22-20(23(29)27-21)32-24(31)28(22)18-4-2-1-3-5-18/h1-13,21,26H,14H2,(H,27,29)/t21-/m0/s1. The van der Waals surface area contributed by atoms with Gasteiger partial charge in [-0.15, -0.1) is 0 Å². The molecule has 0 spiro atoms. The molecule has 5 nitrogen and oxygen atoms in total. The average Bonchev–Trinajstić information content (AvgIpc) is 3.16. The highest BCUT2D eigenvalue weighted by Crippen LogP contribution is 2.34. The zero-order valence-electron chi connectivity index (χ0n) is 16.7. The first kappa shape index (κ1) is 20.8. The van der Waals surface area contributed by atoms with Crippen molar-refractivity contribution in [2.24, 2.45) is 0 Å². The van der Waals surface area contributed by atoms with Crippen molar-refractivity contribution in [1.82, 2.24) is 9.88 Å². The zero-order chi connectivity index (χ0) is 22.1. The lowest BCUT2D eigenvalue weighted by Gasteiger charge is -2.27. The lowest BCUT2D eigenvalue weighted by Crippen LogP contribution is -2.38. The molecule has 5 rings (SSSR count). The molecule has 2 heterocycles. The van der Waals surface area contributed by atoms with E-state index in [1.807, 2.05) is 83.4 Å². The van der Waals surface area contributed by atoms with E-state index in [1.54, 1.807) is 0 Å². The van der Waals surface area contributed by atoms with Crippen LogP contribution in [0.2, 0.25) is 5.02 Å². The Balaban J connectivity index is 1.35. The van der Waals surface area contributed by atoms with Gasteiger partial charge in [0.1, 0.15) is 29.2 Å². The number of nitrogens with one attached hydrogen (secondary N) is 2. The normalized spacial score (nSPS) is 14.9. The van der Waals surface area contributed by atoms with Crippen LogP contribution in [0.5, 0.6) is 5.75 Å². The molecular formula is C24H18ClN3O2S2. The smallest absolute Gasteiger partial charge is 0.267 e. The first-order valence-electron chi connectivity index (χ1n) is 9.94. The molecule has 32 heavy (non-hydrogen) atoms.